The van der Waals surface area contributed by atoms with Gasteiger partial charge in [-0.3, -0.25) is 9.69 Å². The Bertz CT molecular complexity index is 869. The molecular weight excluding hydrogens is 346 g/mol. The van der Waals surface area contributed by atoms with Gasteiger partial charge >= 0.3 is 5.97 Å². The number of rotatable bonds is 4. The van der Waals surface area contributed by atoms with Crippen LogP contribution in [0.2, 0.25) is 0 Å². The van der Waals surface area contributed by atoms with Crippen molar-refractivity contribution >= 4 is 46.3 Å². The number of benzene rings is 1. The second-order valence-electron chi connectivity index (χ2n) is 5.01. The lowest BCUT2D eigenvalue weighted by Crippen LogP contribution is -2.27. The first-order chi connectivity index (χ1) is 11.5. The number of hydrogen-bond donors (Lipinski definition) is 1. The third-order valence-corrected chi connectivity index (χ3v) is 4.86. The molecule has 0 saturated carbocycles. The maximum Gasteiger partial charge on any atom is 0.335 e. The number of furan rings is 1. The Kier molecular flexibility index (Phi) is 4.55. The number of aromatic carboxylic acids is 1. The van der Waals surface area contributed by atoms with Gasteiger partial charge in [-0.25, -0.2) is 4.79 Å². The van der Waals surface area contributed by atoms with Gasteiger partial charge in [0.2, 0.25) is 0 Å². The normalized spacial score (nSPS) is 16.2. The number of thioether (sulfide) groups is 1. The fourth-order valence-corrected chi connectivity index (χ4v) is 3.66. The second kappa shape index (κ2) is 6.62. The van der Waals surface area contributed by atoms with E-state index < -0.39 is 5.97 Å². The van der Waals surface area contributed by atoms with Crippen molar-refractivity contribution < 1.29 is 19.1 Å². The summed E-state index contributed by atoms with van der Waals surface area (Å²) in [6, 6.07) is 9.97. The van der Waals surface area contributed by atoms with E-state index in [1.807, 2.05) is 6.92 Å². The summed E-state index contributed by atoms with van der Waals surface area (Å²) < 4.78 is 6.26. The number of thiocarbonyl (C=S) groups is 1. The molecule has 1 aliphatic rings. The minimum absolute atomic E-state index is 0.127. The molecule has 0 bridgehead atoms. The SMILES string of the molecule is CCN1C(=O)/C(=C\c2ccc(-c3cccc(C(=O)O)c3)o2)SC1=S. The highest BCUT2D eigenvalue weighted by Crippen LogP contribution is 2.33. The van der Waals surface area contributed by atoms with Crippen molar-refractivity contribution in [3.8, 4) is 11.3 Å². The molecular formula is C17H13NO4S2. The van der Waals surface area contributed by atoms with Gasteiger partial charge in [-0.2, -0.15) is 0 Å². The van der Waals surface area contributed by atoms with Gasteiger partial charge in [-0.05, 0) is 31.2 Å². The minimum atomic E-state index is -0.994. The van der Waals surface area contributed by atoms with Crippen LogP contribution in [0.4, 0.5) is 0 Å². The number of amides is 1. The molecule has 5 nitrogen and oxygen atoms in total. The van der Waals surface area contributed by atoms with Crippen LogP contribution < -0.4 is 0 Å². The number of nitrogens with zero attached hydrogens (tertiary/aromatic N) is 1. The Morgan fingerprint density at radius 3 is 2.83 bits per heavy atom. The Morgan fingerprint density at radius 2 is 2.17 bits per heavy atom. The summed E-state index contributed by atoms with van der Waals surface area (Å²) in [7, 11) is 0. The lowest BCUT2D eigenvalue weighted by Gasteiger charge is -2.09. The molecule has 0 aliphatic carbocycles. The lowest BCUT2D eigenvalue weighted by molar-refractivity contribution is -0.122. The van der Waals surface area contributed by atoms with Crippen molar-refractivity contribution in [3.63, 3.8) is 0 Å². The molecule has 1 aromatic carbocycles. The van der Waals surface area contributed by atoms with Crippen molar-refractivity contribution in [2.75, 3.05) is 6.54 Å². The molecule has 0 atom stereocenters. The molecule has 0 spiro atoms. The molecule has 24 heavy (non-hydrogen) atoms. The highest BCUT2D eigenvalue weighted by atomic mass is 32.2. The summed E-state index contributed by atoms with van der Waals surface area (Å²) in [5.41, 5.74) is 0.852. The van der Waals surface area contributed by atoms with Crippen LogP contribution in [0.3, 0.4) is 0 Å². The average molecular weight is 359 g/mol. The van der Waals surface area contributed by atoms with Crippen molar-refractivity contribution in [1.82, 2.24) is 4.90 Å². The molecule has 1 aromatic heterocycles. The van der Waals surface area contributed by atoms with Crippen LogP contribution >= 0.6 is 24.0 Å². The molecule has 2 heterocycles. The van der Waals surface area contributed by atoms with Gasteiger partial charge < -0.3 is 9.52 Å². The number of carboxylic acid groups (broad SMARTS) is 1. The lowest BCUT2D eigenvalue weighted by atomic mass is 10.1. The first-order valence-corrected chi connectivity index (χ1v) is 8.41. The van der Waals surface area contributed by atoms with Crippen molar-refractivity contribution in [2.45, 2.75) is 6.92 Å². The van der Waals surface area contributed by atoms with E-state index >= 15 is 0 Å². The first kappa shape index (κ1) is 16.5. The van der Waals surface area contributed by atoms with Gasteiger partial charge in [-0.1, -0.05) is 36.1 Å². The Hall–Kier alpha value is -2.38. The highest BCUT2D eigenvalue weighted by molar-refractivity contribution is 8.26. The Labute approximate surface area is 148 Å². The Balaban J connectivity index is 1.88. The summed E-state index contributed by atoms with van der Waals surface area (Å²) in [5.74, 6) is -0.0668. The van der Waals surface area contributed by atoms with Gasteiger partial charge in [0.05, 0.1) is 10.5 Å². The summed E-state index contributed by atoms with van der Waals surface area (Å²) in [6.45, 7) is 2.40. The van der Waals surface area contributed by atoms with Gasteiger partial charge in [-0.15, -0.1) is 0 Å². The summed E-state index contributed by atoms with van der Waals surface area (Å²) >= 11 is 6.42. The molecule has 122 valence electrons. The van der Waals surface area contributed by atoms with Crippen molar-refractivity contribution in [1.29, 1.82) is 0 Å². The summed E-state index contributed by atoms with van der Waals surface area (Å²) in [4.78, 5) is 25.3. The minimum Gasteiger partial charge on any atom is -0.478 e. The van der Waals surface area contributed by atoms with Crippen LogP contribution in [0.15, 0.2) is 45.7 Å². The van der Waals surface area contributed by atoms with E-state index in [4.69, 9.17) is 21.7 Å². The zero-order valence-electron chi connectivity index (χ0n) is 12.7. The predicted octanol–water partition coefficient (Wildman–Crippen LogP) is 3.87. The molecule has 3 rings (SSSR count). The quantitative estimate of drug-likeness (QED) is 0.660. The fraction of sp³-hybridized carbons (Fsp3) is 0.118. The molecule has 1 aliphatic heterocycles. The molecule has 1 fully saturated rings. The summed E-state index contributed by atoms with van der Waals surface area (Å²) in [5, 5.41) is 9.06. The van der Waals surface area contributed by atoms with Gasteiger partial charge in [0, 0.05) is 18.2 Å². The van der Waals surface area contributed by atoms with Gasteiger partial charge in [0.15, 0.2) is 0 Å². The number of carboxylic acids is 1. The smallest absolute Gasteiger partial charge is 0.335 e. The van der Waals surface area contributed by atoms with Crippen LogP contribution in [-0.4, -0.2) is 32.7 Å². The molecule has 1 N–H and O–H groups in total. The Morgan fingerprint density at radius 1 is 1.38 bits per heavy atom. The third-order valence-electron chi connectivity index (χ3n) is 3.48. The zero-order chi connectivity index (χ0) is 17.3. The van der Waals surface area contributed by atoms with E-state index in [1.165, 1.54) is 22.7 Å². The zero-order valence-corrected chi connectivity index (χ0v) is 14.3. The maximum absolute atomic E-state index is 12.2. The molecule has 1 saturated heterocycles. The predicted molar refractivity (Wildman–Crippen MR) is 96.7 cm³/mol. The monoisotopic (exact) mass is 359 g/mol. The molecule has 1 amide bonds. The van der Waals surface area contributed by atoms with Gasteiger partial charge in [0.25, 0.3) is 5.91 Å². The van der Waals surface area contributed by atoms with E-state index in [1.54, 1.807) is 36.4 Å². The first-order valence-electron chi connectivity index (χ1n) is 7.18. The van der Waals surface area contributed by atoms with Crippen LogP contribution in [0, 0.1) is 0 Å². The van der Waals surface area contributed by atoms with Crippen LogP contribution in [0.5, 0.6) is 0 Å². The van der Waals surface area contributed by atoms with Crippen LogP contribution in [-0.2, 0) is 4.79 Å². The standard InChI is InChI=1S/C17H13NO4S2/c1-2-18-15(19)14(24-17(18)23)9-12-6-7-13(22-12)10-4-3-5-11(8-10)16(20)21/h3-9H,2H2,1H3,(H,20,21)/b14-9+. The van der Waals surface area contributed by atoms with E-state index in [9.17, 15) is 9.59 Å². The second-order valence-corrected chi connectivity index (χ2v) is 6.69. The molecule has 7 heteroatoms. The fourth-order valence-electron chi connectivity index (χ4n) is 2.29. The van der Waals surface area contributed by atoms with E-state index in [0.29, 0.717) is 32.9 Å². The van der Waals surface area contributed by atoms with E-state index in [-0.39, 0.29) is 11.5 Å². The maximum atomic E-state index is 12.2. The number of carbonyl (C=O) groups excluding carboxylic acids is 1. The van der Waals surface area contributed by atoms with Crippen LogP contribution in [0.25, 0.3) is 17.4 Å². The number of carbonyl (C=O) groups is 2. The molecule has 2 aromatic rings. The number of hydrogen-bond acceptors (Lipinski definition) is 5. The van der Waals surface area contributed by atoms with Crippen molar-refractivity contribution in [3.05, 3.63) is 52.6 Å². The van der Waals surface area contributed by atoms with Crippen molar-refractivity contribution in [2.24, 2.45) is 0 Å². The van der Waals surface area contributed by atoms with E-state index in [2.05, 4.69) is 0 Å². The summed E-state index contributed by atoms with van der Waals surface area (Å²) in [6.07, 6.45) is 1.65. The molecule has 0 radical (unpaired) electrons. The number of likely N-dealkylation sites (N-methyl/N-ethyl adjacent to an activating group) is 1. The average Bonchev–Trinajstić information content (AvgIpc) is 3.13. The third kappa shape index (κ3) is 3.13. The topological polar surface area (TPSA) is 70.8 Å². The molecule has 0 unspecified atom stereocenters. The van der Waals surface area contributed by atoms with E-state index in [0.717, 1.165) is 0 Å². The highest BCUT2D eigenvalue weighted by Gasteiger charge is 2.30. The van der Waals surface area contributed by atoms with Crippen LogP contribution in [0.1, 0.15) is 23.0 Å². The van der Waals surface area contributed by atoms with Gasteiger partial charge in [0.1, 0.15) is 15.8 Å². The largest absolute Gasteiger partial charge is 0.478 e.